The molecule has 2 heteroatoms. The van der Waals surface area contributed by atoms with Crippen LogP contribution >= 0.6 is 0 Å². The second kappa shape index (κ2) is 45.8. The van der Waals surface area contributed by atoms with Gasteiger partial charge in [-0.3, -0.25) is 0 Å². The van der Waals surface area contributed by atoms with Gasteiger partial charge in [0.25, 0.3) is 0 Å². The summed E-state index contributed by atoms with van der Waals surface area (Å²) in [7, 11) is 0. The third kappa shape index (κ3) is 53.0. The molecule has 2 N–H and O–H groups in total. The van der Waals surface area contributed by atoms with Crippen LogP contribution in [0.3, 0.4) is 0 Å². The molecule has 0 radical (unpaired) electrons. The van der Waals surface area contributed by atoms with Crippen molar-refractivity contribution in [1.82, 2.24) is 0 Å². The Morgan fingerprint density at radius 2 is 0.378 bits per heavy atom. The standard InChI is InChI=1S/C17H36.C16H34O.C2H6O/c1-3-5-7-9-11-13-15-17-16-14-12-10-8-6-4-2;1-2-3-4-5-6-7-8-9-10-11-12-13-14-15-16-17;1-2-3/h3-17H2,1-2H3;17H,2-16H2,1H3;3H,2H2,1H3. The van der Waals surface area contributed by atoms with E-state index in [1.165, 1.54) is 180 Å². The second-order valence-electron chi connectivity index (χ2n) is 11.2. The molecule has 0 amide bonds. The Bertz CT molecular complexity index is 260. The summed E-state index contributed by atoms with van der Waals surface area (Å²) < 4.78 is 0. The van der Waals surface area contributed by atoms with Crippen molar-refractivity contribution in [2.24, 2.45) is 0 Å². The number of aliphatic hydroxyl groups excluding tert-OH is 2. The molecule has 0 aliphatic carbocycles. The molecular weight excluding hydrogens is 452 g/mol. The lowest BCUT2D eigenvalue weighted by atomic mass is 10.0. The van der Waals surface area contributed by atoms with Crippen LogP contribution in [0, 0.1) is 0 Å². The van der Waals surface area contributed by atoms with Crippen molar-refractivity contribution >= 4 is 0 Å². The van der Waals surface area contributed by atoms with E-state index in [0.717, 1.165) is 6.42 Å². The Kier molecular flexibility index (Phi) is 51.3. The summed E-state index contributed by atoms with van der Waals surface area (Å²) in [6.07, 6.45) is 41.1. The molecule has 0 atom stereocenters. The second-order valence-corrected chi connectivity index (χ2v) is 11.2. The van der Waals surface area contributed by atoms with E-state index < -0.39 is 0 Å². The Morgan fingerprint density at radius 3 is 0.514 bits per heavy atom. The lowest BCUT2D eigenvalue weighted by molar-refractivity contribution is 0.282. The van der Waals surface area contributed by atoms with Crippen LogP contribution in [0.25, 0.3) is 0 Å². The highest BCUT2D eigenvalue weighted by Gasteiger charge is 1.94. The minimum atomic E-state index is 0.250. The topological polar surface area (TPSA) is 40.5 Å². The van der Waals surface area contributed by atoms with E-state index in [1.54, 1.807) is 6.92 Å². The first-order valence-corrected chi connectivity index (χ1v) is 17.5. The van der Waals surface area contributed by atoms with Crippen LogP contribution in [0.1, 0.15) is 214 Å². The van der Waals surface area contributed by atoms with Gasteiger partial charge in [0.05, 0.1) is 0 Å². The fourth-order valence-corrected chi connectivity index (χ4v) is 4.75. The molecule has 0 aliphatic rings. The normalized spacial score (nSPS) is 10.5. The van der Waals surface area contributed by atoms with Crippen LogP contribution in [0.2, 0.25) is 0 Å². The highest BCUT2D eigenvalue weighted by atomic mass is 16.3. The molecule has 0 unspecified atom stereocenters. The fraction of sp³-hybridized carbons (Fsp3) is 1.00. The van der Waals surface area contributed by atoms with E-state index in [0.29, 0.717) is 6.61 Å². The first-order valence-electron chi connectivity index (χ1n) is 17.5. The number of unbranched alkanes of at least 4 members (excludes halogenated alkanes) is 27. The average Bonchev–Trinajstić information content (AvgIpc) is 2.90. The summed E-state index contributed by atoms with van der Waals surface area (Å²) in [5.41, 5.74) is 0. The zero-order valence-corrected chi connectivity index (χ0v) is 26.8. The van der Waals surface area contributed by atoms with Crippen molar-refractivity contribution in [1.29, 1.82) is 0 Å². The molecule has 37 heavy (non-hydrogen) atoms. The van der Waals surface area contributed by atoms with Gasteiger partial charge >= 0.3 is 0 Å². The quantitative estimate of drug-likeness (QED) is 0.0991. The number of aliphatic hydroxyl groups is 2. The fourth-order valence-electron chi connectivity index (χ4n) is 4.75. The number of rotatable bonds is 28. The highest BCUT2D eigenvalue weighted by Crippen LogP contribution is 2.14. The molecular formula is C35H76O2. The van der Waals surface area contributed by atoms with Crippen molar-refractivity contribution < 1.29 is 10.2 Å². The maximum Gasteiger partial charge on any atom is 0.0431 e. The minimum Gasteiger partial charge on any atom is -0.397 e. The van der Waals surface area contributed by atoms with Gasteiger partial charge in [-0.25, -0.2) is 0 Å². The molecule has 0 aromatic heterocycles. The maximum absolute atomic E-state index is 8.64. The number of hydrogen-bond donors (Lipinski definition) is 2. The predicted octanol–water partition coefficient (Wildman–Crippen LogP) is 12.3. The molecule has 0 bridgehead atoms. The summed E-state index contributed by atoms with van der Waals surface area (Å²) in [6, 6.07) is 0. The molecule has 228 valence electrons. The van der Waals surface area contributed by atoms with Gasteiger partial charge in [-0.15, -0.1) is 0 Å². The van der Waals surface area contributed by atoms with E-state index in [2.05, 4.69) is 20.8 Å². The van der Waals surface area contributed by atoms with Crippen LogP contribution in [-0.4, -0.2) is 23.4 Å². The Labute approximate surface area is 237 Å². The molecule has 0 fully saturated rings. The first-order chi connectivity index (χ1) is 18.2. The summed E-state index contributed by atoms with van der Waals surface area (Å²) in [5, 5.41) is 16.2. The molecule has 0 aromatic rings. The monoisotopic (exact) mass is 529 g/mol. The predicted molar refractivity (Wildman–Crippen MR) is 171 cm³/mol. The van der Waals surface area contributed by atoms with E-state index in [9.17, 15) is 0 Å². The van der Waals surface area contributed by atoms with Gasteiger partial charge in [0.1, 0.15) is 0 Å². The van der Waals surface area contributed by atoms with E-state index >= 15 is 0 Å². The van der Waals surface area contributed by atoms with Crippen molar-refractivity contribution in [3.05, 3.63) is 0 Å². The summed E-state index contributed by atoms with van der Waals surface area (Å²) >= 11 is 0. The van der Waals surface area contributed by atoms with Crippen LogP contribution in [0.5, 0.6) is 0 Å². The van der Waals surface area contributed by atoms with Gasteiger partial charge in [0.2, 0.25) is 0 Å². The SMILES string of the molecule is CCCCCCCCCCCCCCCCC.CCCCCCCCCCCCCCCCO.CCO. The van der Waals surface area contributed by atoms with Crippen LogP contribution in [-0.2, 0) is 0 Å². The zero-order chi connectivity index (χ0) is 27.9. The van der Waals surface area contributed by atoms with Gasteiger partial charge in [0.15, 0.2) is 0 Å². The van der Waals surface area contributed by atoms with Gasteiger partial charge < -0.3 is 10.2 Å². The van der Waals surface area contributed by atoms with Crippen LogP contribution in [0.4, 0.5) is 0 Å². The van der Waals surface area contributed by atoms with Crippen molar-refractivity contribution in [2.45, 2.75) is 214 Å². The summed E-state index contributed by atoms with van der Waals surface area (Å²) in [5.74, 6) is 0. The largest absolute Gasteiger partial charge is 0.397 e. The molecule has 0 spiro atoms. The van der Waals surface area contributed by atoms with Gasteiger partial charge in [-0.1, -0.05) is 201 Å². The molecule has 0 aromatic carbocycles. The molecule has 0 saturated carbocycles. The Morgan fingerprint density at radius 1 is 0.243 bits per heavy atom. The molecule has 0 heterocycles. The average molecular weight is 529 g/mol. The minimum absolute atomic E-state index is 0.250. The number of hydrogen-bond acceptors (Lipinski definition) is 2. The van der Waals surface area contributed by atoms with Crippen LogP contribution in [0.15, 0.2) is 0 Å². The van der Waals surface area contributed by atoms with E-state index in [-0.39, 0.29) is 6.61 Å². The van der Waals surface area contributed by atoms with Crippen molar-refractivity contribution in [2.75, 3.05) is 13.2 Å². The molecule has 0 rings (SSSR count). The lowest BCUT2D eigenvalue weighted by Gasteiger charge is -2.02. The maximum atomic E-state index is 8.64. The van der Waals surface area contributed by atoms with Gasteiger partial charge in [0, 0.05) is 13.2 Å². The van der Waals surface area contributed by atoms with Crippen molar-refractivity contribution in [3.8, 4) is 0 Å². The molecule has 0 aliphatic heterocycles. The van der Waals surface area contributed by atoms with Crippen LogP contribution < -0.4 is 0 Å². The highest BCUT2D eigenvalue weighted by molar-refractivity contribution is 4.50. The molecule has 2 nitrogen and oxygen atoms in total. The smallest absolute Gasteiger partial charge is 0.0431 e. The third-order valence-electron chi connectivity index (χ3n) is 7.22. The zero-order valence-electron chi connectivity index (χ0n) is 26.8. The molecule has 0 saturated heterocycles. The Hall–Kier alpha value is -0.0800. The van der Waals surface area contributed by atoms with Crippen molar-refractivity contribution in [3.63, 3.8) is 0 Å². The van der Waals surface area contributed by atoms with E-state index in [4.69, 9.17) is 10.2 Å². The van der Waals surface area contributed by atoms with Gasteiger partial charge in [-0.2, -0.15) is 0 Å². The summed E-state index contributed by atoms with van der Waals surface area (Å²) in [4.78, 5) is 0. The van der Waals surface area contributed by atoms with Gasteiger partial charge in [-0.05, 0) is 13.3 Å². The Balaban J connectivity index is -0.000000564. The first kappa shape index (κ1) is 41.4. The summed E-state index contributed by atoms with van der Waals surface area (Å²) in [6.45, 7) is 9.17. The van der Waals surface area contributed by atoms with E-state index in [1.807, 2.05) is 0 Å². The third-order valence-corrected chi connectivity index (χ3v) is 7.22. The lowest BCUT2D eigenvalue weighted by Crippen LogP contribution is -1.84.